The largest absolute Gasteiger partial charge is 0.497 e. The number of rotatable bonds is 4. The first kappa shape index (κ1) is 17.3. The van der Waals surface area contributed by atoms with E-state index in [1.54, 1.807) is 32.4 Å². The lowest BCUT2D eigenvalue weighted by atomic mass is 10.0. The van der Waals surface area contributed by atoms with E-state index in [1.165, 1.54) is 0 Å². The fraction of sp³-hybridized carbons (Fsp3) is 0.350. The smallest absolute Gasteiger partial charge is 0.258 e. The molecule has 0 saturated carbocycles. The van der Waals surface area contributed by atoms with Crippen molar-refractivity contribution in [2.45, 2.75) is 6.04 Å². The van der Waals surface area contributed by atoms with Gasteiger partial charge in [0.05, 0.1) is 25.8 Å². The SMILES string of the molecule is COc1ccc(C(=O)N2CCN(C)CC2c2ccccc2)c(OC)c1. The molecule has 1 aliphatic rings. The number of benzene rings is 2. The van der Waals surface area contributed by atoms with Gasteiger partial charge in [-0.25, -0.2) is 0 Å². The van der Waals surface area contributed by atoms with Crippen LogP contribution in [-0.2, 0) is 0 Å². The topological polar surface area (TPSA) is 42.0 Å². The van der Waals surface area contributed by atoms with Crippen molar-refractivity contribution in [2.75, 3.05) is 40.9 Å². The van der Waals surface area contributed by atoms with Crippen LogP contribution in [0, 0.1) is 0 Å². The summed E-state index contributed by atoms with van der Waals surface area (Å²) >= 11 is 0. The summed E-state index contributed by atoms with van der Waals surface area (Å²) in [5.74, 6) is 1.20. The number of piperazine rings is 1. The first-order chi connectivity index (χ1) is 12.1. The molecule has 3 rings (SSSR count). The van der Waals surface area contributed by atoms with Crippen molar-refractivity contribution in [3.05, 3.63) is 59.7 Å². The molecule has 132 valence electrons. The predicted octanol–water partition coefficient (Wildman–Crippen LogP) is 2.83. The number of nitrogens with zero attached hydrogens (tertiary/aromatic N) is 2. The molecule has 1 unspecified atom stereocenters. The van der Waals surface area contributed by atoms with Gasteiger partial charge < -0.3 is 19.3 Å². The predicted molar refractivity (Wildman–Crippen MR) is 97.3 cm³/mol. The van der Waals surface area contributed by atoms with Crippen LogP contribution < -0.4 is 9.47 Å². The van der Waals surface area contributed by atoms with Gasteiger partial charge in [-0.2, -0.15) is 0 Å². The van der Waals surface area contributed by atoms with Crippen LogP contribution in [0.3, 0.4) is 0 Å². The van der Waals surface area contributed by atoms with E-state index in [0.29, 0.717) is 23.6 Å². The van der Waals surface area contributed by atoms with Gasteiger partial charge in [-0.15, -0.1) is 0 Å². The molecule has 1 fully saturated rings. The van der Waals surface area contributed by atoms with Crippen molar-refractivity contribution in [1.82, 2.24) is 9.80 Å². The summed E-state index contributed by atoms with van der Waals surface area (Å²) in [4.78, 5) is 17.5. The van der Waals surface area contributed by atoms with Gasteiger partial charge in [0, 0.05) is 25.7 Å². The summed E-state index contributed by atoms with van der Waals surface area (Å²) in [5.41, 5.74) is 1.71. The molecule has 1 saturated heterocycles. The maximum atomic E-state index is 13.3. The fourth-order valence-electron chi connectivity index (χ4n) is 3.25. The number of hydrogen-bond donors (Lipinski definition) is 0. The number of methoxy groups -OCH3 is 2. The third-order valence-corrected chi connectivity index (χ3v) is 4.67. The molecule has 5 heteroatoms. The minimum atomic E-state index is -0.0125. The number of carbonyl (C=O) groups excluding carboxylic acids is 1. The molecule has 0 aromatic heterocycles. The summed E-state index contributed by atoms with van der Waals surface area (Å²) in [6.45, 7) is 2.35. The van der Waals surface area contributed by atoms with Crippen molar-refractivity contribution in [3.8, 4) is 11.5 Å². The quantitative estimate of drug-likeness (QED) is 0.858. The van der Waals surface area contributed by atoms with E-state index < -0.39 is 0 Å². The van der Waals surface area contributed by atoms with Gasteiger partial charge in [-0.1, -0.05) is 30.3 Å². The molecular formula is C20H24N2O3. The van der Waals surface area contributed by atoms with Crippen molar-refractivity contribution >= 4 is 5.91 Å². The number of ether oxygens (including phenoxy) is 2. The molecule has 1 atom stereocenters. The molecule has 25 heavy (non-hydrogen) atoms. The summed E-state index contributed by atoms with van der Waals surface area (Å²) < 4.78 is 10.7. The summed E-state index contributed by atoms with van der Waals surface area (Å²) in [7, 11) is 5.26. The van der Waals surface area contributed by atoms with Crippen LogP contribution in [0.15, 0.2) is 48.5 Å². The van der Waals surface area contributed by atoms with Crippen LogP contribution in [0.5, 0.6) is 11.5 Å². The van der Waals surface area contributed by atoms with E-state index in [9.17, 15) is 4.79 Å². The Morgan fingerprint density at radius 2 is 1.80 bits per heavy atom. The second kappa shape index (κ2) is 7.57. The molecule has 0 radical (unpaired) electrons. The molecule has 0 aliphatic carbocycles. The molecular weight excluding hydrogens is 316 g/mol. The minimum absolute atomic E-state index is 0.0125. The molecule has 0 spiro atoms. The highest BCUT2D eigenvalue weighted by atomic mass is 16.5. The van der Waals surface area contributed by atoms with Gasteiger partial charge in [0.15, 0.2) is 0 Å². The lowest BCUT2D eigenvalue weighted by Gasteiger charge is -2.40. The van der Waals surface area contributed by atoms with Crippen molar-refractivity contribution in [1.29, 1.82) is 0 Å². The van der Waals surface area contributed by atoms with E-state index in [1.807, 2.05) is 23.1 Å². The Kier molecular flexibility index (Phi) is 5.24. The summed E-state index contributed by atoms with van der Waals surface area (Å²) in [6.07, 6.45) is 0. The normalized spacial score (nSPS) is 18.0. The second-order valence-corrected chi connectivity index (χ2v) is 6.25. The van der Waals surface area contributed by atoms with E-state index >= 15 is 0 Å². The van der Waals surface area contributed by atoms with Gasteiger partial charge in [0.1, 0.15) is 11.5 Å². The maximum Gasteiger partial charge on any atom is 0.258 e. The Morgan fingerprint density at radius 3 is 2.48 bits per heavy atom. The first-order valence-electron chi connectivity index (χ1n) is 8.40. The Labute approximate surface area is 148 Å². The standard InChI is InChI=1S/C20H24N2O3/c1-21-11-12-22(18(14-21)15-7-5-4-6-8-15)20(23)17-10-9-16(24-2)13-19(17)25-3/h4-10,13,18H,11-12,14H2,1-3H3. The minimum Gasteiger partial charge on any atom is -0.497 e. The number of amides is 1. The lowest BCUT2D eigenvalue weighted by Crippen LogP contribution is -2.49. The zero-order chi connectivity index (χ0) is 17.8. The first-order valence-corrected chi connectivity index (χ1v) is 8.40. The maximum absolute atomic E-state index is 13.3. The summed E-state index contributed by atoms with van der Waals surface area (Å²) in [6, 6.07) is 15.5. The molecule has 5 nitrogen and oxygen atoms in total. The fourth-order valence-corrected chi connectivity index (χ4v) is 3.25. The summed E-state index contributed by atoms with van der Waals surface area (Å²) in [5, 5.41) is 0. The molecule has 1 aliphatic heterocycles. The van der Waals surface area contributed by atoms with Crippen LogP contribution in [-0.4, -0.2) is 56.6 Å². The highest BCUT2D eigenvalue weighted by molar-refractivity contribution is 5.97. The molecule has 0 bridgehead atoms. The van der Waals surface area contributed by atoms with Crippen LogP contribution in [0.25, 0.3) is 0 Å². The van der Waals surface area contributed by atoms with Gasteiger partial charge >= 0.3 is 0 Å². The highest BCUT2D eigenvalue weighted by Gasteiger charge is 2.32. The highest BCUT2D eigenvalue weighted by Crippen LogP contribution is 2.31. The zero-order valence-electron chi connectivity index (χ0n) is 14.9. The van der Waals surface area contributed by atoms with Crippen molar-refractivity contribution in [2.24, 2.45) is 0 Å². The molecule has 1 amide bonds. The molecule has 1 heterocycles. The van der Waals surface area contributed by atoms with Gasteiger partial charge in [0.25, 0.3) is 5.91 Å². The molecule has 0 N–H and O–H groups in total. The molecule has 2 aromatic rings. The van der Waals surface area contributed by atoms with Crippen LogP contribution in [0.4, 0.5) is 0 Å². The Balaban J connectivity index is 1.94. The van der Waals surface area contributed by atoms with Gasteiger partial charge in [-0.05, 0) is 24.7 Å². The van der Waals surface area contributed by atoms with Gasteiger partial charge in [0.2, 0.25) is 0 Å². The lowest BCUT2D eigenvalue weighted by molar-refractivity contribution is 0.0495. The van der Waals surface area contributed by atoms with Crippen molar-refractivity contribution in [3.63, 3.8) is 0 Å². The van der Waals surface area contributed by atoms with E-state index in [-0.39, 0.29) is 11.9 Å². The van der Waals surface area contributed by atoms with E-state index in [0.717, 1.165) is 18.7 Å². The van der Waals surface area contributed by atoms with Crippen LogP contribution in [0.1, 0.15) is 22.0 Å². The van der Waals surface area contributed by atoms with Gasteiger partial charge in [-0.3, -0.25) is 4.79 Å². The second-order valence-electron chi connectivity index (χ2n) is 6.25. The van der Waals surface area contributed by atoms with E-state index in [4.69, 9.17) is 9.47 Å². The van der Waals surface area contributed by atoms with Crippen LogP contribution >= 0.6 is 0 Å². The molecule has 2 aromatic carbocycles. The zero-order valence-corrected chi connectivity index (χ0v) is 14.9. The van der Waals surface area contributed by atoms with Crippen molar-refractivity contribution < 1.29 is 14.3 Å². The number of hydrogen-bond acceptors (Lipinski definition) is 4. The monoisotopic (exact) mass is 340 g/mol. The third-order valence-electron chi connectivity index (χ3n) is 4.67. The Bertz CT molecular complexity index is 733. The Morgan fingerprint density at radius 1 is 1.04 bits per heavy atom. The average Bonchev–Trinajstić information content (AvgIpc) is 2.67. The van der Waals surface area contributed by atoms with E-state index in [2.05, 4.69) is 24.1 Å². The third kappa shape index (κ3) is 3.61. The average molecular weight is 340 g/mol. The van der Waals surface area contributed by atoms with Crippen LogP contribution in [0.2, 0.25) is 0 Å². The number of carbonyl (C=O) groups is 1. The number of likely N-dealkylation sites (N-methyl/N-ethyl adjacent to an activating group) is 1. The Hall–Kier alpha value is -2.53.